The maximum Gasteiger partial charge on any atom is 0.326 e. The molecule has 8 amide bonds. The third kappa shape index (κ3) is 21.3. The molecule has 0 aliphatic rings. The molecule has 0 unspecified atom stereocenters. The van der Waals surface area contributed by atoms with Crippen LogP contribution >= 0.6 is 0 Å². The first-order chi connectivity index (χ1) is 29.4. The first-order valence-electron chi connectivity index (χ1n) is 20.5. The Balaban J connectivity index is 3.53. The van der Waals surface area contributed by atoms with E-state index in [0.29, 0.717) is 18.4 Å². The standard InChI is InChI=1S/C40H64N10O13/c1-20(2)17-27(50-39(61)33(44)21(3)4)36(58)48-28(18-22-8-10-23(51)11-9-22)37(59)46-25(13-15-32(54)55)35(57)49-29(19-31(43)53)38(60)45-24(12-14-30(42)52)34(56)47-26(40(62)63)7-5-6-16-41/h8-11,20-21,24-29,33,51H,5-7,12-19,41,44H2,1-4H3,(H2,42,52)(H2,43,53)(H,45,60)(H,46,59)(H,47,56)(H,48,58)(H,49,57)(H,50,61)(H,54,55)(H,62,63)/t24-,25-,26-,27-,28-,29-,33-/m0/s1. The lowest BCUT2D eigenvalue weighted by Crippen LogP contribution is -2.60. The van der Waals surface area contributed by atoms with E-state index in [9.17, 15) is 63.3 Å². The minimum atomic E-state index is -1.87. The summed E-state index contributed by atoms with van der Waals surface area (Å²) in [4.78, 5) is 129. The van der Waals surface area contributed by atoms with Gasteiger partial charge in [-0.05, 0) is 74.6 Å². The number of primary amides is 2. The monoisotopic (exact) mass is 892 g/mol. The van der Waals surface area contributed by atoms with Gasteiger partial charge >= 0.3 is 11.9 Å². The van der Waals surface area contributed by atoms with Crippen LogP contribution in [0.2, 0.25) is 0 Å². The fraction of sp³-hybridized carbons (Fsp3) is 0.600. The van der Waals surface area contributed by atoms with Crippen molar-refractivity contribution in [1.82, 2.24) is 31.9 Å². The molecule has 1 rings (SSSR count). The number of phenols is 1. The normalized spacial score (nSPS) is 14.4. The first-order valence-corrected chi connectivity index (χ1v) is 20.5. The number of carboxylic acids is 2. The molecule has 0 spiro atoms. The Morgan fingerprint density at radius 2 is 1.03 bits per heavy atom. The van der Waals surface area contributed by atoms with Gasteiger partial charge in [0.2, 0.25) is 47.3 Å². The molecule has 0 heterocycles. The molecular weight excluding hydrogens is 828 g/mol. The van der Waals surface area contributed by atoms with Crippen molar-refractivity contribution in [3.8, 4) is 5.75 Å². The summed E-state index contributed by atoms with van der Waals surface area (Å²) in [5, 5.41) is 43.3. The predicted molar refractivity (Wildman–Crippen MR) is 225 cm³/mol. The highest BCUT2D eigenvalue weighted by molar-refractivity contribution is 5.98. The zero-order valence-electron chi connectivity index (χ0n) is 36.0. The van der Waals surface area contributed by atoms with E-state index in [-0.39, 0.29) is 43.4 Å². The Morgan fingerprint density at radius 3 is 1.51 bits per heavy atom. The lowest BCUT2D eigenvalue weighted by Gasteiger charge is -2.28. The number of aliphatic carboxylic acids is 2. The van der Waals surface area contributed by atoms with E-state index >= 15 is 0 Å². The van der Waals surface area contributed by atoms with Gasteiger partial charge in [-0.15, -0.1) is 0 Å². The second-order valence-corrected chi connectivity index (χ2v) is 15.9. The fourth-order valence-corrected chi connectivity index (χ4v) is 5.96. The van der Waals surface area contributed by atoms with Gasteiger partial charge < -0.3 is 70.2 Å². The molecule has 0 bridgehead atoms. The van der Waals surface area contributed by atoms with E-state index in [0.717, 1.165) is 0 Å². The van der Waals surface area contributed by atoms with Crippen LogP contribution in [0.25, 0.3) is 0 Å². The highest BCUT2D eigenvalue weighted by Crippen LogP contribution is 2.14. The lowest BCUT2D eigenvalue weighted by atomic mass is 9.99. The highest BCUT2D eigenvalue weighted by Gasteiger charge is 2.35. The Labute approximate surface area is 364 Å². The third-order valence-electron chi connectivity index (χ3n) is 9.56. The molecular formula is C40H64N10O13. The van der Waals surface area contributed by atoms with Crippen LogP contribution < -0.4 is 54.8 Å². The molecule has 23 heteroatoms. The summed E-state index contributed by atoms with van der Waals surface area (Å²) in [5.41, 5.74) is 22.5. The molecule has 0 saturated carbocycles. The number of amides is 8. The minimum absolute atomic E-state index is 0.0276. The molecule has 0 fully saturated rings. The van der Waals surface area contributed by atoms with E-state index < -0.39 is 134 Å². The van der Waals surface area contributed by atoms with Crippen molar-refractivity contribution in [2.24, 2.45) is 34.8 Å². The molecule has 0 saturated heterocycles. The second kappa shape index (κ2) is 27.6. The van der Waals surface area contributed by atoms with Gasteiger partial charge in [-0.3, -0.25) is 43.2 Å². The molecule has 0 radical (unpaired) electrons. The Bertz CT molecular complexity index is 1760. The summed E-state index contributed by atoms with van der Waals surface area (Å²) in [7, 11) is 0. The summed E-state index contributed by atoms with van der Waals surface area (Å²) in [5.74, 6) is -11.2. The molecule has 7 atom stereocenters. The van der Waals surface area contributed by atoms with Gasteiger partial charge in [0.1, 0.15) is 42.0 Å². The van der Waals surface area contributed by atoms with Gasteiger partial charge in [0, 0.05) is 19.3 Å². The molecule has 63 heavy (non-hydrogen) atoms. The van der Waals surface area contributed by atoms with Crippen molar-refractivity contribution in [3.05, 3.63) is 29.8 Å². The van der Waals surface area contributed by atoms with Crippen molar-refractivity contribution >= 4 is 59.2 Å². The van der Waals surface area contributed by atoms with Gasteiger partial charge in [-0.2, -0.15) is 0 Å². The Morgan fingerprint density at radius 1 is 0.571 bits per heavy atom. The van der Waals surface area contributed by atoms with E-state index in [2.05, 4.69) is 31.9 Å². The van der Waals surface area contributed by atoms with Gasteiger partial charge in [-0.25, -0.2) is 4.79 Å². The number of nitrogens with one attached hydrogen (secondary N) is 6. The molecule has 0 aliphatic heterocycles. The van der Waals surface area contributed by atoms with Gasteiger partial charge in [0.05, 0.1) is 12.5 Å². The minimum Gasteiger partial charge on any atom is -0.508 e. The van der Waals surface area contributed by atoms with Crippen LogP contribution in [0, 0.1) is 11.8 Å². The van der Waals surface area contributed by atoms with Crippen molar-refractivity contribution in [2.75, 3.05) is 6.54 Å². The van der Waals surface area contributed by atoms with E-state index in [1.54, 1.807) is 27.7 Å². The summed E-state index contributed by atoms with van der Waals surface area (Å²) < 4.78 is 0. The van der Waals surface area contributed by atoms with Crippen molar-refractivity contribution < 1.29 is 63.3 Å². The number of carbonyl (C=O) groups is 10. The molecule has 0 aromatic heterocycles. The predicted octanol–water partition coefficient (Wildman–Crippen LogP) is -2.91. The third-order valence-corrected chi connectivity index (χ3v) is 9.56. The number of rotatable bonds is 30. The van der Waals surface area contributed by atoms with Gasteiger partial charge in [-0.1, -0.05) is 39.8 Å². The number of unbranched alkanes of at least 4 members (excludes halogenated alkanes) is 1. The molecule has 1 aromatic carbocycles. The summed E-state index contributed by atoms with van der Waals surface area (Å²) in [6.07, 6.45) is -2.43. The van der Waals surface area contributed by atoms with Crippen molar-refractivity contribution in [1.29, 1.82) is 0 Å². The highest BCUT2D eigenvalue weighted by atomic mass is 16.4. The number of nitrogens with two attached hydrogens (primary N) is 4. The van der Waals surface area contributed by atoms with Gasteiger partial charge in [0.25, 0.3) is 0 Å². The zero-order chi connectivity index (χ0) is 48.0. The fourth-order valence-electron chi connectivity index (χ4n) is 5.96. The smallest absolute Gasteiger partial charge is 0.326 e. The van der Waals surface area contributed by atoms with Crippen LogP contribution in [0.1, 0.15) is 91.0 Å². The SMILES string of the molecule is CC(C)C[C@H](NC(=O)[C@@H](N)C(C)C)C(=O)N[C@@H](Cc1ccc(O)cc1)C(=O)N[C@@H](CCC(=O)O)C(=O)N[C@@H](CC(N)=O)C(=O)N[C@@H](CCC(N)=O)C(=O)N[C@@H](CCCCN)C(=O)O. The zero-order valence-corrected chi connectivity index (χ0v) is 36.0. The summed E-state index contributed by atoms with van der Waals surface area (Å²) in [6.45, 7) is 7.28. The van der Waals surface area contributed by atoms with Crippen molar-refractivity contribution in [2.45, 2.75) is 134 Å². The van der Waals surface area contributed by atoms with Crippen LogP contribution in [0.5, 0.6) is 5.75 Å². The number of hydrogen-bond donors (Lipinski definition) is 13. The molecule has 0 aliphatic carbocycles. The van der Waals surface area contributed by atoms with Crippen LogP contribution in [-0.4, -0.2) is 123 Å². The van der Waals surface area contributed by atoms with Crippen LogP contribution in [0.3, 0.4) is 0 Å². The second-order valence-electron chi connectivity index (χ2n) is 15.9. The van der Waals surface area contributed by atoms with Gasteiger partial charge in [0.15, 0.2) is 0 Å². The van der Waals surface area contributed by atoms with Crippen LogP contribution in [0.4, 0.5) is 0 Å². The number of aromatic hydroxyl groups is 1. The number of hydrogen-bond acceptors (Lipinski definition) is 13. The average Bonchev–Trinajstić information content (AvgIpc) is 3.19. The van der Waals surface area contributed by atoms with E-state index in [1.807, 2.05) is 0 Å². The van der Waals surface area contributed by atoms with Crippen LogP contribution in [-0.2, 0) is 54.4 Å². The number of carbonyl (C=O) groups excluding carboxylic acids is 8. The maximum absolute atomic E-state index is 14.0. The number of benzene rings is 1. The molecule has 17 N–H and O–H groups in total. The number of phenolic OH excluding ortho intramolecular Hbond substituents is 1. The average molecular weight is 893 g/mol. The maximum atomic E-state index is 14.0. The molecule has 1 aromatic rings. The molecule has 352 valence electrons. The summed E-state index contributed by atoms with van der Waals surface area (Å²) >= 11 is 0. The largest absolute Gasteiger partial charge is 0.508 e. The van der Waals surface area contributed by atoms with Crippen LogP contribution in [0.15, 0.2) is 24.3 Å². The Hall–Kier alpha value is -6.36. The van der Waals surface area contributed by atoms with E-state index in [1.165, 1.54) is 24.3 Å². The number of carboxylic acid groups (broad SMARTS) is 2. The van der Waals surface area contributed by atoms with Crippen molar-refractivity contribution in [3.63, 3.8) is 0 Å². The lowest BCUT2D eigenvalue weighted by molar-refractivity contribution is -0.143. The molecule has 23 nitrogen and oxygen atoms in total. The topological polar surface area (TPSA) is 408 Å². The Kier molecular flexibility index (Phi) is 23.9. The van der Waals surface area contributed by atoms with E-state index in [4.69, 9.17) is 22.9 Å². The summed E-state index contributed by atoms with van der Waals surface area (Å²) in [6, 6.07) is -4.71. The quantitative estimate of drug-likeness (QED) is 0.0345. The first kappa shape index (κ1) is 54.7.